The number of nitrogens with zero attached hydrogens (tertiary/aromatic N) is 4. The van der Waals surface area contributed by atoms with Gasteiger partial charge in [-0.25, -0.2) is 14.6 Å². The van der Waals surface area contributed by atoms with Crippen LogP contribution >= 0.6 is 0 Å². The number of carbonyl (C=O) groups excluding carboxylic acids is 1. The molecule has 0 amide bonds. The fourth-order valence-electron chi connectivity index (χ4n) is 4.41. The van der Waals surface area contributed by atoms with Crippen LogP contribution < -0.4 is 10.1 Å². The van der Waals surface area contributed by atoms with Crippen molar-refractivity contribution in [2.45, 2.75) is 31.7 Å². The van der Waals surface area contributed by atoms with E-state index in [-0.39, 0.29) is 17.7 Å². The smallest absolute Gasteiger partial charge is 0.163 e. The molecule has 0 aliphatic heterocycles. The Hall–Kier alpha value is -4.00. The average molecular weight is 440 g/mol. The highest BCUT2D eigenvalue weighted by Gasteiger charge is 2.28. The number of anilines is 2. The summed E-state index contributed by atoms with van der Waals surface area (Å²) < 4.78 is 7.81. The van der Waals surface area contributed by atoms with Crippen LogP contribution in [-0.4, -0.2) is 25.5 Å². The van der Waals surface area contributed by atoms with E-state index >= 15 is 0 Å². The van der Waals surface area contributed by atoms with Gasteiger partial charge in [-0.15, -0.1) is 0 Å². The van der Waals surface area contributed by atoms with Gasteiger partial charge >= 0.3 is 0 Å². The minimum Gasteiger partial charge on any atom is -0.457 e. The number of allylic oxidation sites excluding steroid dienone is 1. The molecule has 1 aliphatic rings. The normalized spacial score (nSPS) is 18.1. The van der Waals surface area contributed by atoms with E-state index in [1.54, 1.807) is 12.5 Å². The molecule has 2 atom stereocenters. The van der Waals surface area contributed by atoms with Gasteiger partial charge in [0.25, 0.3) is 0 Å². The number of nitrogens with one attached hydrogen (secondary N) is 1. The van der Waals surface area contributed by atoms with Gasteiger partial charge in [-0.2, -0.15) is 5.10 Å². The van der Waals surface area contributed by atoms with Crippen LogP contribution in [0.5, 0.6) is 11.5 Å². The van der Waals surface area contributed by atoms with Gasteiger partial charge in [-0.1, -0.05) is 31.2 Å². The van der Waals surface area contributed by atoms with Crippen LogP contribution in [0.25, 0.3) is 11.0 Å². The molecule has 2 aromatic heterocycles. The third-order valence-corrected chi connectivity index (χ3v) is 6.08. The first-order valence-corrected chi connectivity index (χ1v) is 11.2. The van der Waals surface area contributed by atoms with Crippen molar-refractivity contribution in [3.8, 4) is 11.5 Å². The van der Waals surface area contributed by atoms with E-state index in [4.69, 9.17) is 4.74 Å². The Balaban J connectivity index is 1.34. The lowest BCUT2D eigenvalue weighted by Gasteiger charge is -2.28. The summed E-state index contributed by atoms with van der Waals surface area (Å²) in [6, 6.07) is 17.5. The summed E-state index contributed by atoms with van der Waals surface area (Å²) in [5.74, 6) is 2.37. The molecule has 33 heavy (non-hydrogen) atoms. The topological polar surface area (TPSA) is 81.9 Å². The predicted molar refractivity (Wildman–Crippen MR) is 128 cm³/mol. The Bertz CT molecular complexity index is 1270. The number of rotatable bonds is 7. The zero-order chi connectivity index (χ0) is 22.6. The average Bonchev–Trinajstić information content (AvgIpc) is 3.31. The van der Waals surface area contributed by atoms with E-state index in [9.17, 15) is 4.79 Å². The number of hydrogen-bond donors (Lipinski definition) is 1. The molecule has 1 fully saturated rings. The third kappa shape index (κ3) is 4.48. The highest BCUT2D eigenvalue weighted by atomic mass is 16.5. The summed E-state index contributed by atoms with van der Waals surface area (Å²) in [5.41, 5.74) is 1.66. The number of carbonyl (C=O) groups is 1. The second kappa shape index (κ2) is 9.24. The van der Waals surface area contributed by atoms with Crippen LogP contribution in [0.15, 0.2) is 79.8 Å². The Morgan fingerprint density at radius 2 is 1.85 bits per heavy atom. The molecular formula is C26H25N5O2. The van der Waals surface area contributed by atoms with Gasteiger partial charge in [-0.3, -0.25) is 4.79 Å². The number of fused-ring (bicyclic) bond motifs is 1. The largest absolute Gasteiger partial charge is 0.457 e. The lowest BCUT2D eigenvalue weighted by Crippen LogP contribution is -2.24. The van der Waals surface area contributed by atoms with Gasteiger partial charge < -0.3 is 10.1 Å². The van der Waals surface area contributed by atoms with Gasteiger partial charge in [0.05, 0.1) is 17.6 Å². The first-order chi connectivity index (χ1) is 16.2. The van der Waals surface area contributed by atoms with E-state index in [0.717, 1.165) is 53.9 Å². The van der Waals surface area contributed by atoms with E-state index < -0.39 is 0 Å². The van der Waals surface area contributed by atoms with E-state index in [2.05, 4.69) is 27.0 Å². The van der Waals surface area contributed by atoms with Crippen molar-refractivity contribution in [2.24, 2.45) is 5.92 Å². The number of para-hydroxylation sites is 1. The molecule has 7 nitrogen and oxygen atoms in total. The van der Waals surface area contributed by atoms with Gasteiger partial charge in [0.2, 0.25) is 0 Å². The molecule has 2 heterocycles. The number of aromatic nitrogens is 4. The van der Waals surface area contributed by atoms with Gasteiger partial charge in [0.15, 0.2) is 11.4 Å². The van der Waals surface area contributed by atoms with Crippen molar-refractivity contribution in [3.05, 3.63) is 79.8 Å². The standard InChI is InChI=1S/C26H25N5O2/c1-2-24(32)18-7-6-8-20(15-18)31-26-23(16-29-31)25(27-17-28-26)30-19-11-13-22(14-12-19)33-21-9-4-3-5-10-21/h2-5,9-14,16-18,20H,1,6-8,15H2,(H,27,28,30)/t18?,20-/m1/s1. The quantitative estimate of drug-likeness (QED) is 0.364. The van der Waals surface area contributed by atoms with Crippen LogP contribution in [-0.2, 0) is 4.79 Å². The Morgan fingerprint density at radius 1 is 1.06 bits per heavy atom. The van der Waals surface area contributed by atoms with E-state index in [1.165, 1.54) is 6.08 Å². The summed E-state index contributed by atoms with van der Waals surface area (Å²) in [6.07, 6.45) is 8.42. The number of ether oxygens (including phenoxy) is 1. The highest BCUT2D eigenvalue weighted by Crippen LogP contribution is 2.35. The lowest BCUT2D eigenvalue weighted by molar-refractivity contribution is -0.119. The van der Waals surface area contributed by atoms with Gasteiger partial charge in [-0.05, 0) is 61.7 Å². The molecule has 1 saturated carbocycles. The summed E-state index contributed by atoms with van der Waals surface area (Å²) in [6.45, 7) is 3.64. The number of benzene rings is 2. The fourth-order valence-corrected chi connectivity index (χ4v) is 4.41. The fraction of sp³-hybridized carbons (Fsp3) is 0.231. The molecule has 1 aliphatic carbocycles. The first kappa shape index (κ1) is 20.9. The molecule has 1 unspecified atom stereocenters. The zero-order valence-corrected chi connectivity index (χ0v) is 18.2. The van der Waals surface area contributed by atoms with Crippen molar-refractivity contribution in [2.75, 3.05) is 5.32 Å². The molecule has 166 valence electrons. The third-order valence-electron chi connectivity index (χ3n) is 6.08. The number of hydrogen-bond acceptors (Lipinski definition) is 6. The van der Waals surface area contributed by atoms with Crippen LogP contribution in [0.2, 0.25) is 0 Å². The van der Waals surface area contributed by atoms with Crippen molar-refractivity contribution < 1.29 is 9.53 Å². The van der Waals surface area contributed by atoms with Crippen LogP contribution in [0.1, 0.15) is 31.7 Å². The summed E-state index contributed by atoms with van der Waals surface area (Å²) >= 11 is 0. The van der Waals surface area contributed by atoms with Crippen molar-refractivity contribution in [3.63, 3.8) is 0 Å². The molecule has 2 aromatic carbocycles. The Kier molecular flexibility index (Phi) is 5.85. The zero-order valence-electron chi connectivity index (χ0n) is 18.2. The minimum absolute atomic E-state index is 0.0107. The second-order valence-corrected chi connectivity index (χ2v) is 8.24. The molecule has 5 rings (SSSR count). The molecule has 0 radical (unpaired) electrons. The monoisotopic (exact) mass is 439 g/mol. The first-order valence-electron chi connectivity index (χ1n) is 11.2. The van der Waals surface area contributed by atoms with Gasteiger partial charge in [0, 0.05) is 11.6 Å². The summed E-state index contributed by atoms with van der Waals surface area (Å²) in [4.78, 5) is 21.1. The molecule has 7 heteroatoms. The maximum absolute atomic E-state index is 12.1. The maximum atomic E-state index is 12.1. The molecule has 4 aromatic rings. The summed E-state index contributed by atoms with van der Waals surface area (Å²) in [7, 11) is 0. The summed E-state index contributed by atoms with van der Waals surface area (Å²) in [5, 5.41) is 8.83. The Morgan fingerprint density at radius 3 is 2.64 bits per heavy atom. The molecule has 0 saturated heterocycles. The second-order valence-electron chi connectivity index (χ2n) is 8.24. The Labute approximate surface area is 192 Å². The molecule has 0 spiro atoms. The highest BCUT2D eigenvalue weighted by molar-refractivity contribution is 5.91. The van der Waals surface area contributed by atoms with Crippen molar-refractivity contribution in [1.29, 1.82) is 0 Å². The predicted octanol–water partition coefficient (Wildman–Crippen LogP) is 5.85. The van der Waals surface area contributed by atoms with Crippen LogP contribution in [0.3, 0.4) is 0 Å². The number of ketones is 1. The van der Waals surface area contributed by atoms with Crippen molar-refractivity contribution in [1.82, 2.24) is 19.7 Å². The minimum atomic E-state index is 0.0107. The van der Waals surface area contributed by atoms with Crippen molar-refractivity contribution >= 4 is 28.3 Å². The lowest BCUT2D eigenvalue weighted by atomic mass is 9.83. The molecule has 0 bridgehead atoms. The SMILES string of the molecule is C=CC(=O)C1CCC[C@@H](n2ncc3c(Nc4ccc(Oc5ccccc5)cc4)ncnc32)C1. The molecule has 1 N–H and O–H groups in total. The molecular weight excluding hydrogens is 414 g/mol. The van der Waals surface area contributed by atoms with E-state index in [0.29, 0.717) is 5.82 Å². The van der Waals surface area contributed by atoms with Crippen LogP contribution in [0.4, 0.5) is 11.5 Å². The van der Waals surface area contributed by atoms with Gasteiger partial charge in [0.1, 0.15) is 23.6 Å². The maximum Gasteiger partial charge on any atom is 0.163 e. The van der Waals surface area contributed by atoms with Crippen LogP contribution in [0, 0.1) is 5.92 Å². The van der Waals surface area contributed by atoms with E-state index in [1.807, 2.05) is 59.3 Å².